The SMILES string of the molecule is Cc1cc(C)cc(COC(=O)c2cc([N+](=O)[O-])ccc2O)c1. The Morgan fingerprint density at radius 3 is 2.41 bits per heavy atom. The Morgan fingerprint density at radius 2 is 1.82 bits per heavy atom. The number of nitrogens with zero attached hydrogens (tertiary/aromatic N) is 1. The van der Waals surface area contributed by atoms with E-state index < -0.39 is 10.9 Å². The van der Waals surface area contributed by atoms with Crippen molar-refractivity contribution >= 4 is 11.7 Å². The molecule has 0 aliphatic heterocycles. The third-order valence-corrected chi connectivity index (χ3v) is 3.06. The van der Waals surface area contributed by atoms with Gasteiger partial charge in [0.25, 0.3) is 5.69 Å². The normalized spacial score (nSPS) is 10.3. The van der Waals surface area contributed by atoms with Crippen LogP contribution in [0.15, 0.2) is 36.4 Å². The molecule has 0 aliphatic rings. The van der Waals surface area contributed by atoms with E-state index in [1.807, 2.05) is 32.0 Å². The molecule has 0 fully saturated rings. The topological polar surface area (TPSA) is 89.7 Å². The second-order valence-corrected chi connectivity index (χ2v) is 5.03. The minimum absolute atomic E-state index is 0.0312. The van der Waals surface area contributed by atoms with Gasteiger partial charge in [0.2, 0.25) is 0 Å². The first-order valence-corrected chi connectivity index (χ1v) is 6.58. The molecule has 6 nitrogen and oxygen atoms in total. The Balaban J connectivity index is 2.15. The fourth-order valence-corrected chi connectivity index (χ4v) is 2.18. The van der Waals surface area contributed by atoms with E-state index in [2.05, 4.69) is 0 Å². The Hall–Kier alpha value is -2.89. The summed E-state index contributed by atoms with van der Waals surface area (Å²) in [7, 11) is 0. The molecular weight excluding hydrogens is 286 g/mol. The highest BCUT2D eigenvalue weighted by Crippen LogP contribution is 2.24. The summed E-state index contributed by atoms with van der Waals surface area (Å²) < 4.78 is 5.12. The third kappa shape index (κ3) is 3.60. The number of hydrogen-bond donors (Lipinski definition) is 1. The molecule has 2 aromatic carbocycles. The Bertz CT molecular complexity index is 719. The first-order chi connectivity index (χ1) is 10.4. The van der Waals surface area contributed by atoms with Crippen molar-refractivity contribution in [1.82, 2.24) is 0 Å². The maximum absolute atomic E-state index is 12.0. The van der Waals surface area contributed by atoms with Crippen molar-refractivity contribution in [2.75, 3.05) is 0 Å². The van der Waals surface area contributed by atoms with Crippen LogP contribution in [0.2, 0.25) is 0 Å². The van der Waals surface area contributed by atoms with Crippen molar-refractivity contribution in [3.8, 4) is 5.75 Å². The van der Waals surface area contributed by atoms with E-state index in [1.165, 1.54) is 0 Å². The van der Waals surface area contributed by atoms with Crippen molar-refractivity contribution < 1.29 is 19.6 Å². The second kappa shape index (κ2) is 6.26. The average molecular weight is 301 g/mol. The molecular formula is C16H15NO5. The number of non-ortho nitro benzene ring substituents is 1. The van der Waals surface area contributed by atoms with Gasteiger partial charge in [-0.2, -0.15) is 0 Å². The van der Waals surface area contributed by atoms with Crippen LogP contribution in [0.4, 0.5) is 5.69 Å². The van der Waals surface area contributed by atoms with E-state index >= 15 is 0 Å². The first-order valence-electron chi connectivity index (χ1n) is 6.58. The maximum atomic E-state index is 12.0. The van der Waals surface area contributed by atoms with Gasteiger partial charge in [0.15, 0.2) is 0 Å². The lowest BCUT2D eigenvalue weighted by Crippen LogP contribution is -2.06. The molecule has 0 unspecified atom stereocenters. The summed E-state index contributed by atoms with van der Waals surface area (Å²) in [4.78, 5) is 22.1. The van der Waals surface area contributed by atoms with Gasteiger partial charge in [-0.1, -0.05) is 29.3 Å². The van der Waals surface area contributed by atoms with Crippen LogP contribution in [-0.4, -0.2) is 16.0 Å². The molecule has 6 heteroatoms. The van der Waals surface area contributed by atoms with Crippen LogP contribution < -0.4 is 0 Å². The zero-order valence-corrected chi connectivity index (χ0v) is 12.2. The number of ether oxygens (including phenoxy) is 1. The van der Waals surface area contributed by atoms with E-state index in [1.54, 1.807) is 0 Å². The lowest BCUT2D eigenvalue weighted by Gasteiger charge is -2.08. The molecule has 0 saturated carbocycles. The molecule has 0 saturated heterocycles. The van der Waals surface area contributed by atoms with Gasteiger partial charge in [-0.25, -0.2) is 4.79 Å². The lowest BCUT2D eigenvalue weighted by molar-refractivity contribution is -0.384. The van der Waals surface area contributed by atoms with Gasteiger partial charge in [0.05, 0.1) is 4.92 Å². The molecule has 0 atom stereocenters. The zero-order chi connectivity index (χ0) is 16.3. The van der Waals surface area contributed by atoms with Crippen LogP contribution in [-0.2, 0) is 11.3 Å². The highest BCUT2D eigenvalue weighted by Gasteiger charge is 2.17. The van der Waals surface area contributed by atoms with Gasteiger partial charge in [-0.05, 0) is 25.5 Å². The van der Waals surface area contributed by atoms with E-state index in [4.69, 9.17) is 4.74 Å². The largest absolute Gasteiger partial charge is 0.507 e. The number of benzene rings is 2. The molecule has 22 heavy (non-hydrogen) atoms. The van der Waals surface area contributed by atoms with Gasteiger partial charge in [0.1, 0.15) is 17.9 Å². The summed E-state index contributed by atoms with van der Waals surface area (Å²) >= 11 is 0. The van der Waals surface area contributed by atoms with Gasteiger partial charge < -0.3 is 9.84 Å². The monoisotopic (exact) mass is 301 g/mol. The predicted molar refractivity (Wildman–Crippen MR) is 79.8 cm³/mol. The molecule has 0 aromatic heterocycles. The number of rotatable bonds is 4. The van der Waals surface area contributed by atoms with Crippen LogP contribution >= 0.6 is 0 Å². The van der Waals surface area contributed by atoms with Crippen molar-refractivity contribution in [3.63, 3.8) is 0 Å². The summed E-state index contributed by atoms with van der Waals surface area (Å²) in [6, 6.07) is 8.99. The van der Waals surface area contributed by atoms with Gasteiger partial charge in [-0.3, -0.25) is 10.1 Å². The number of phenols is 1. The number of phenolic OH excluding ortho intramolecular Hbond substituents is 1. The molecule has 0 radical (unpaired) electrons. The summed E-state index contributed by atoms with van der Waals surface area (Å²) in [5, 5.41) is 20.4. The molecule has 1 N–H and O–H groups in total. The van der Waals surface area contributed by atoms with Gasteiger partial charge >= 0.3 is 5.97 Å². The average Bonchev–Trinajstić information content (AvgIpc) is 2.44. The van der Waals surface area contributed by atoms with Gasteiger partial charge in [-0.15, -0.1) is 0 Å². The number of carbonyl (C=O) groups is 1. The Labute approximate surface area is 127 Å². The molecule has 2 rings (SSSR count). The van der Waals surface area contributed by atoms with Crippen molar-refractivity contribution in [2.24, 2.45) is 0 Å². The summed E-state index contributed by atoms with van der Waals surface area (Å²) in [5.41, 5.74) is 2.40. The fourth-order valence-electron chi connectivity index (χ4n) is 2.18. The Kier molecular flexibility index (Phi) is 4.41. The standard InChI is InChI=1S/C16H15NO5/c1-10-5-11(2)7-12(6-10)9-22-16(19)14-8-13(17(20)21)3-4-15(14)18/h3-8,18H,9H2,1-2H3. The minimum atomic E-state index is -0.805. The minimum Gasteiger partial charge on any atom is -0.507 e. The summed E-state index contributed by atoms with van der Waals surface area (Å²) in [5.74, 6) is -1.16. The molecule has 0 bridgehead atoms. The van der Waals surface area contributed by atoms with Crippen LogP contribution in [0.3, 0.4) is 0 Å². The molecule has 0 heterocycles. The molecule has 0 aliphatic carbocycles. The molecule has 114 valence electrons. The zero-order valence-electron chi connectivity index (χ0n) is 12.2. The van der Waals surface area contributed by atoms with Crippen molar-refractivity contribution in [3.05, 3.63) is 68.8 Å². The number of esters is 1. The number of nitro groups is 1. The highest BCUT2D eigenvalue weighted by atomic mass is 16.6. The highest BCUT2D eigenvalue weighted by molar-refractivity contribution is 5.93. The number of aromatic hydroxyl groups is 1. The van der Waals surface area contributed by atoms with Crippen LogP contribution in [0.1, 0.15) is 27.0 Å². The van der Waals surface area contributed by atoms with E-state index in [0.29, 0.717) is 0 Å². The Morgan fingerprint density at radius 1 is 1.18 bits per heavy atom. The summed E-state index contributed by atoms with van der Waals surface area (Å²) in [6.07, 6.45) is 0. The number of nitro benzene ring substituents is 1. The van der Waals surface area contributed by atoms with Crippen LogP contribution in [0.5, 0.6) is 5.75 Å². The van der Waals surface area contributed by atoms with Gasteiger partial charge in [0, 0.05) is 12.1 Å². The number of carbonyl (C=O) groups excluding carboxylic acids is 1. The summed E-state index contributed by atoms with van der Waals surface area (Å²) in [6.45, 7) is 3.90. The fraction of sp³-hybridized carbons (Fsp3) is 0.188. The molecule has 2 aromatic rings. The first kappa shape index (κ1) is 15.5. The molecule has 0 amide bonds. The quantitative estimate of drug-likeness (QED) is 0.531. The third-order valence-electron chi connectivity index (χ3n) is 3.06. The van der Waals surface area contributed by atoms with E-state index in [-0.39, 0.29) is 23.6 Å². The predicted octanol–water partition coefficient (Wildman–Crippen LogP) is 3.27. The molecule has 0 spiro atoms. The van der Waals surface area contributed by atoms with E-state index in [0.717, 1.165) is 34.9 Å². The maximum Gasteiger partial charge on any atom is 0.342 e. The van der Waals surface area contributed by atoms with Crippen molar-refractivity contribution in [1.29, 1.82) is 0 Å². The van der Waals surface area contributed by atoms with Crippen molar-refractivity contribution in [2.45, 2.75) is 20.5 Å². The van der Waals surface area contributed by atoms with Crippen LogP contribution in [0.25, 0.3) is 0 Å². The van der Waals surface area contributed by atoms with Crippen LogP contribution in [0, 0.1) is 24.0 Å². The number of aryl methyl sites for hydroxylation is 2. The lowest BCUT2D eigenvalue weighted by atomic mass is 10.1. The van der Waals surface area contributed by atoms with E-state index in [9.17, 15) is 20.0 Å². The smallest absolute Gasteiger partial charge is 0.342 e. The number of hydrogen-bond acceptors (Lipinski definition) is 5. The second-order valence-electron chi connectivity index (χ2n) is 5.03.